The Morgan fingerprint density at radius 3 is 2.50 bits per heavy atom. The third kappa shape index (κ3) is 2.64. The normalized spacial score (nSPS) is 14.9. The first-order valence-electron chi connectivity index (χ1n) is 6.39. The molecule has 1 heterocycles. The van der Waals surface area contributed by atoms with Gasteiger partial charge in [-0.2, -0.15) is 0 Å². The predicted octanol–water partition coefficient (Wildman–Crippen LogP) is 4.42. The van der Waals surface area contributed by atoms with Crippen molar-refractivity contribution in [2.45, 2.75) is 0 Å². The van der Waals surface area contributed by atoms with Gasteiger partial charge in [0.1, 0.15) is 11.5 Å². The second-order valence-electron chi connectivity index (χ2n) is 4.76. The van der Waals surface area contributed by atoms with Crippen molar-refractivity contribution < 1.29 is 14.6 Å². The van der Waals surface area contributed by atoms with Gasteiger partial charge in [0.2, 0.25) is 0 Å². The average molecular weight is 425 g/mol. The Morgan fingerprint density at radius 2 is 1.86 bits per heavy atom. The van der Waals surface area contributed by atoms with Crippen molar-refractivity contribution in [2.75, 3.05) is 12.4 Å². The van der Waals surface area contributed by atoms with Crippen LogP contribution in [-0.4, -0.2) is 18.1 Å². The highest BCUT2D eigenvalue weighted by atomic mass is 79.9. The summed E-state index contributed by atoms with van der Waals surface area (Å²) in [6, 6.07) is 8.94. The van der Waals surface area contributed by atoms with Crippen LogP contribution in [0.25, 0.3) is 11.6 Å². The highest BCUT2D eigenvalue weighted by Crippen LogP contribution is 2.38. The first kappa shape index (κ1) is 15.1. The van der Waals surface area contributed by atoms with E-state index in [4.69, 9.17) is 4.74 Å². The summed E-state index contributed by atoms with van der Waals surface area (Å²) in [6.45, 7) is 0. The number of carbonyl (C=O) groups is 1. The molecule has 22 heavy (non-hydrogen) atoms. The summed E-state index contributed by atoms with van der Waals surface area (Å²) in [5, 5.41) is 12.6. The van der Waals surface area contributed by atoms with Crippen molar-refractivity contribution in [2.24, 2.45) is 0 Å². The second-order valence-corrected chi connectivity index (χ2v) is 6.47. The predicted molar refractivity (Wildman–Crippen MR) is 93.0 cm³/mol. The van der Waals surface area contributed by atoms with E-state index in [0.29, 0.717) is 20.3 Å². The fraction of sp³-hybridized carbons (Fsp3) is 0.0625. The zero-order valence-electron chi connectivity index (χ0n) is 11.5. The number of nitrogens with one attached hydrogen (secondary N) is 1. The van der Waals surface area contributed by atoms with Crippen LogP contribution in [-0.2, 0) is 4.79 Å². The topological polar surface area (TPSA) is 58.6 Å². The summed E-state index contributed by atoms with van der Waals surface area (Å²) in [4.78, 5) is 12.2. The molecule has 0 aliphatic carbocycles. The minimum atomic E-state index is -0.163. The maximum Gasteiger partial charge on any atom is 0.256 e. The first-order chi connectivity index (χ1) is 10.5. The number of ether oxygens (including phenoxy) is 1. The molecule has 3 rings (SSSR count). The van der Waals surface area contributed by atoms with Gasteiger partial charge in [-0.3, -0.25) is 4.79 Å². The van der Waals surface area contributed by atoms with E-state index in [1.54, 1.807) is 31.4 Å². The van der Waals surface area contributed by atoms with Crippen LogP contribution in [0.4, 0.5) is 5.69 Å². The van der Waals surface area contributed by atoms with Gasteiger partial charge in [0, 0.05) is 16.8 Å². The Morgan fingerprint density at radius 1 is 1.18 bits per heavy atom. The maximum atomic E-state index is 12.2. The lowest BCUT2D eigenvalue weighted by molar-refractivity contribution is -0.110. The Kier molecular flexibility index (Phi) is 3.97. The molecular weight excluding hydrogens is 414 g/mol. The third-order valence-electron chi connectivity index (χ3n) is 3.36. The van der Waals surface area contributed by atoms with Gasteiger partial charge in [-0.25, -0.2) is 0 Å². The van der Waals surface area contributed by atoms with Gasteiger partial charge in [-0.15, -0.1) is 0 Å². The van der Waals surface area contributed by atoms with Gasteiger partial charge in [0.05, 0.1) is 16.1 Å². The lowest BCUT2D eigenvalue weighted by atomic mass is 10.0. The number of phenolic OH excluding ortho intramolecular Hbond substituents is 1. The molecule has 1 aliphatic heterocycles. The van der Waals surface area contributed by atoms with Crippen LogP contribution in [0.3, 0.4) is 0 Å². The summed E-state index contributed by atoms with van der Waals surface area (Å²) in [6.07, 6.45) is 1.77. The first-order valence-corrected chi connectivity index (χ1v) is 7.97. The molecule has 2 N–H and O–H groups in total. The number of hydrogen-bond donors (Lipinski definition) is 2. The summed E-state index contributed by atoms with van der Waals surface area (Å²) in [5.41, 5.74) is 2.90. The number of amides is 1. The van der Waals surface area contributed by atoms with E-state index >= 15 is 0 Å². The van der Waals surface area contributed by atoms with Gasteiger partial charge >= 0.3 is 0 Å². The number of aromatic hydroxyl groups is 1. The molecule has 1 amide bonds. The van der Waals surface area contributed by atoms with Gasteiger partial charge in [0.15, 0.2) is 0 Å². The second kappa shape index (κ2) is 5.78. The van der Waals surface area contributed by atoms with Crippen molar-refractivity contribution in [3.63, 3.8) is 0 Å². The third-order valence-corrected chi connectivity index (χ3v) is 4.57. The molecule has 0 saturated heterocycles. The van der Waals surface area contributed by atoms with Crippen LogP contribution >= 0.6 is 31.9 Å². The smallest absolute Gasteiger partial charge is 0.256 e. The van der Waals surface area contributed by atoms with Crippen LogP contribution in [0.1, 0.15) is 11.1 Å². The van der Waals surface area contributed by atoms with E-state index in [0.717, 1.165) is 16.8 Å². The molecule has 0 fully saturated rings. The molecule has 0 aromatic heterocycles. The van der Waals surface area contributed by atoms with Crippen molar-refractivity contribution >= 4 is 55.1 Å². The van der Waals surface area contributed by atoms with Crippen molar-refractivity contribution in [1.82, 2.24) is 0 Å². The van der Waals surface area contributed by atoms with Crippen LogP contribution in [0.15, 0.2) is 39.3 Å². The van der Waals surface area contributed by atoms with E-state index in [1.165, 1.54) is 0 Å². The van der Waals surface area contributed by atoms with E-state index < -0.39 is 0 Å². The standard InChI is InChI=1S/C16H11Br2NO3/c1-22-9-2-3-14-10(7-9)11(16(21)19-14)4-8-5-12(17)15(20)13(18)6-8/h2-7,20H,1H3,(H,19,21)/b11-4+. The van der Waals surface area contributed by atoms with E-state index in [1.807, 2.05) is 12.1 Å². The van der Waals surface area contributed by atoms with Crippen LogP contribution in [0.5, 0.6) is 11.5 Å². The number of phenols is 1. The fourth-order valence-electron chi connectivity index (χ4n) is 2.27. The van der Waals surface area contributed by atoms with Gasteiger partial charge in [-0.05, 0) is 73.8 Å². The molecule has 0 unspecified atom stereocenters. The highest BCUT2D eigenvalue weighted by Gasteiger charge is 2.24. The van der Waals surface area contributed by atoms with Gasteiger partial charge in [-0.1, -0.05) is 0 Å². The maximum absolute atomic E-state index is 12.2. The highest BCUT2D eigenvalue weighted by molar-refractivity contribution is 9.11. The van der Waals surface area contributed by atoms with E-state index in [9.17, 15) is 9.90 Å². The quantitative estimate of drug-likeness (QED) is 0.701. The zero-order valence-corrected chi connectivity index (χ0v) is 14.7. The molecule has 112 valence electrons. The number of methoxy groups -OCH3 is 1. The summed E-state index contributed by atoms with van der Waals surface area (Å²) in [7, 11) is 1.59. The number of rotatable bonds is 2. The minimum absolute atomic E-state index is 0.125. The van der Waals surface area contributed by atoms with Crippen LogP contribution in [0.2, 0.25) is 0 Å². The molecule has 0 atom stereocenters. The SMILES string of the molecule is COc1ccc2c(c1)/C(=C\c1cc(Br)c(O)c(Br)c1)C(=O)N2. The minimum Gasteiger partial charge on any atom is -0.506 e. The monoisotopic (exact) mass is 423 g/mol. The largest absolute Gasteiger partial charge is 0.506 e. The molecule has 6 heteroatoms. The molecule has 2 aromatic rings. The number of hydrogen-bond acceptors (Lipinski definition) is 3. The molecule has 0 spiro atoms. The Labute approximate surface area is 144 Å². The molecular formula is C16H11Br2NO3. The molecule has 4 nitrogen and oxygen atoms in total. The van der Waals surface area contributed by atoms with Crippen molar-refractivity contribution in [1.29, 1.82) is 0 Å². The lowest BCUT2D eigenvalue weighted by Crippen LogP contribution is -2.03. The number of halogens is 2. The molecule has 2 aromatic carbocycles. The fourth-order valence-corrected chi connectivity index (χ4v) is 3.49. The average Bonchev–Trinajstić information content (AvgIpc) is 2.80. The Hall–Kier alpha value is -1.79. The molecule has 0 radical (unpaired) electrons. The Balaban J connectivity index is 2.11. The molecule has 0 saturated carbocycles. The van der Waals surface area contributed by atoms with Crippen molar-refractivity contribution in [3.05, 3.63) is 50.4 Å². The van der Waals surface area contributed by atoms with Crippen LogP contribution in [0, 0.1) is 0 Å². The van der Waals surface area contributed by atoms with Gasteiger partial charge in [0.25, 0.3) is 5.91 Å². The summed E-state index contributed by atoms with van der Waals surface area (Å²) < 4.78 is 6.32. The van der Waals surface area contributed by atoms with Crippen molar-refractivity contribution in [3.8, 4) is 11.5 Å². The lowest BCUT2D eigenvalue weighted by Gasteiger charge is -2.05. The number of fused-ring (bicyclic) bond motifs is 1. The number of benzene rings is 2. The number of anilines is 1. The summed E-state index contributed by atoms with van der Waals surface area (Å²) in [5.74, 6) is 0.651. The molecule has 0 bridgehead atoms. The van der Waals surface area contributed by atoms with E-state index in [2.05, 4.69) is 37.2 Å². The van der Waals surface area contributed by atoms with Gasteiger partial charge < -0.3 is 15.2 Å². The zero-order chi connectivity index (χ0) is 15.9. The Bertz CT molecular complexity index is 792. The van der Waals surface area contributed by atoms with E-state index in [-0.39, 0.29) is 11.7 Å². The molecule has 1 aliphatic rings. The summed E-state index contributed by atoms with van der Waals surface area (Å²) >= 11 is 6.57. The number of carbonyl (C=O) groups excluding carboxylic acids is 1. The van der Waals surface area contributed by atoms with Crippen LogP contribution < -0.4 is 10.1 Å².